The Labute approximate surface area is 151 Å². The molecule has 1 aliphatic heterocycles. The van der Waals surface area contributed by atoms with E-state index in [2.05, 4.69) is 10.2 Å². The van der Waals surface area contributed by atoms with Crippen LogP contribution in [0, 0.1) is 17.8 Å². The molecule has 6 nitrogen and oxygen atoms in total. The zero-order valence-corrected chi connectivity index (χ0v) is 16.1. The van der Waals surface area contributed by atoms with E-state index in [1.54, 1.807) is 0 Å². The number of rotatable bonds is 5. The first-order chi connectivity index (χ1) is 11.8. The Morgan fingerprint density at radius 2 is 1.72 bits per heavy atom. The fourth-order valence-electron chi connectivity index (χ4n) is 4.92. The van der Waals surface area contributed by atoms with Gasteiger partial charge in [-0.25, -0.2) is 8.42 Å². The van der Waals surface area contributed by atoms with Crippen molar-refractivity contribution in [1.82, 2.24) is 10.2 Å². The van der Waals surface area contributed by atoms with Crippen LogP contribution in [0.2, 0.25) is 0 Å². The summed E-state index contributed by atoms with van der Waals surface area (Å²) in [6.07, 6.45) is 8.64. The van der Waals surface area contributed by atoms with Gasteiger partial charge in [-0.15, -0.1) is 0 Å². The molecule has 2 saturated carbocycles. The third-order valence-corrected chi connectivity index (χ3v) is 7.42. The van der Waals surface area contributed by atoms with E-state index in [9.17, 15) is 13.2 Å². The van der Waals surface area contributed by atoms with Crippen molar-refractivity contribution in [2.75, 3.05) is 31.6 Å². The minimum atomic E-state index is -2.90. The summed E-state index contributed by atoms with van der Waals surface area (Å²) >= 11 is 0. The average Bonchev–Trinajstić information content (AvgIpc) is 2.53. The van der Waals surface area contributed by atoms with Crippen LogP contribution in [0.5, 0.6) is 0 Å². The highest BCUT2D eigenvalue weighted by Crippen LogP contribution is 2.41. The van der Waals surface area contributed by atoms with Gasteiger partial charge in [0.05, 0.1) is 5.75 Å². The number of amides is 1. The molecule has 0 aromatic heterocycles. The summed E-state index contributed by atoms with van der Waals surface area (Å²) < 4.78 is 22.5. The fraction of sp³-hybridized carbons (Fsp3) is 0.944. The third kappa shape index (κ3) is 5.17. The van der Waals surface area contributed by atoms with Crippen LogP contribution in [0.1, 0.15) is 44.9 Å². The van der Waals surface area contributed by atoms with Crippen LogP contribution in [0.25, 0.3) is 0 Å². The van der Waals surface area contributed by atoms with Crippen molar-refractivity contribution in [3.63, 3.8) is 0 Å². The Morgan fingerprint density at radius 3 is 2.28 bits per heavy atom. The molecule has 3 fully saturated rings. The molecular weight excluding hydrogens is 338 g/mol. The maximum atomic E-state index is 12.7. The maximum absolute atomic E-state index is 12.7. The zero-order valence-electron chi connectivity index (χ0n) is 15.3. The monoisotopic (exact) mass is 371 g/mol. The third-order valence-electron chi connectivity index (χ3n) is 6.50. The molecule has 7 heteroatoms. The number of hydrogen-bond acceptors (Lipinski definition) is 5. The highest BCUT2D eigenvalue weighted by Gasteiger charge is 2.40. The molecule has 1 saturated heterocycles. The number of fused-ring (bicyclic) bond motifs is 2. The Balaban J connectivity index is 1.42. The van der Waals surface area contributed by atoms with Gasteiger partial charge in [0.1, 0.15) is 9.84 Å². The van der Waals surface area contributed by atoms with Crippen molar-refractivity contribution in [2.45, 2.75) is 57.0 Å². The molecule has 2 unspecified atom stereocenters. The average molecular weight is 372 g/mol. The van der Waals surface area contributed by atoms with Crippen LogP contribution in [-0.4, -0.2) is 63.0 Å². The number of carbonyl (C=O) groups excluding carboxylic acids is 1. The molecule has 2 bridgehead atoms. The number of carbonyl (C=O) groups is 1. The lowest BCUT2D eigenvalue weighted by molar-refractivity contribution is -0.129. The SMILES string of the molecule is CS(=O)(=O)CCN1CCC(NC(=O)C2CC3CCCC(C2)C3N)CC1. The number of nitrogens with zero attached hydrogens (tertiary/aromatic N) is 1. The van der Waals surface area contributed by atoms with Gasteiger partial charge in [0.15, 0.2) is 0 Å². The summed E-state index contributed by atoms with van der Waals surface area (Å²) in [6, 6.07) is 0.535. The minimum Gasteiger partial charge on any atom is -0.353 e. The van der Waals surface area contributed by atoms with E-state index in [0.717, 1.165) is 38.8 Å². The topological polar surface area (TPSA) is 92.5 Å². The van der Waals surface area contributed by atoms with E-state index in [-0.39, 0.29) is 23.6 Å². The molecule has 1 amide bonds. The molecule has 2 aliphatic carbocycles. The van der Waals surface area contributed by atoms with Gasteiger partial charge in [-0.3, -0.25) is 4.79 Å². The van der Waals surface area contributed by atoms with Gasteiger partial charge >= 0.3 is 0 Å². The Hall–Kier alpha value is -0.660. The van der Waals surface area contributed by atoms with Crippen LogP contribution in [0.15, 0.2) is 0 Å². The number of piperidine rings is 1. The highest BCUT2D eigenvalue weighted by atomic mass is 32.2. The molecule has 0 aromatic carbocycles. The molecule has 0 aromatic rings. The maximum Gasteiger partial charge on any atom is 0.223 e. The number of likely N-dealkylation sites (tertiary alicyclic amines) is 1. The van der Waals surface area contributed by atoms with Crippen molar-refractivity contribution < 1.29 is 13.2 Å². The summed E-state index contributed by atoms with van der Waals surface area (Å²) in [5.41, 5.74) is 6.33. The summed E-state index contributed by atoms with van der Waals surface area (Å²) in [5.74, 6) is 1.63. The summed E-state index contributed by atoms with van der Waals surface area (Å²) in [5, 5.41) is 3.26. The second kappa shape index (κ2) is 7.92. The van der Waals surface area contributed by atoms with Crippen LogP contribution in [-0.2, 0) is 14.6 Å². The molecule has 1 heterocycles. The van der Waals surface area contributed by atoms with Crippen molar-refractivity contribution in [3.05, 3.63) is 0 Å². The fourth-order valence-corrected chi connectivity index (χ4v) is 5.51. The standard InChI is InChI=1S/C18H33N3O3S/c1-25(23,24)10-9-21-7-5-16(6-8-21)20-18(22)15-11-13-3-2-4-14(12-15)17(13)19/h13-17H,2-12,19H2,1H3,(H,20,22). The van der Waals surface area contributed by atoms with E-state index in [1.165, 1.54) is 25.5 Å². The Bertz CT molecular complexity index is 558. The normalized spacial score (nSPS) is 34.6. The van der Waals surface area contributed by atoms with Gasteiger partial charge in [0, 0.05) is 43.9 Å². The van der Waals surface area contributed by atoms with Gasteiger partial charge < -0.3 is 16.0 Å². The molecule has 0 radical (unpaired) electrons. The van der Waals surface area contributed by atoms with E-state index in [1.807, 2.05) is 0 Å². The van der Waals surface area contributed by atoms with Crippen LogP contribution in [0.3, 0.4) is 0 Å². The first-order valence-electron chi connectivity index (χ1n) is 9.78. The van der Waals surface area contributed by atoms with Crippen molar-refractivity contribution in [3.8, 4) is 0 Å². The highest BCUT2D eigenvalue weighted by molar-refractivity contribution is 7.90. The van der Waals surface area contributed by atoms with E-state index in [0.29, 0.717) is 24.4 Å². The van der Waals surface area contributed by atoms with E-state index < -0.39 is 9.84 Å². The molecule has 0 spiro atoms. The number of sulfone groups is 1. The van der Waals surface area contributed by atoms with E-state index >= 15 is 0 Å². The van der Waals surface area contributed by atoms with Crippen LogP contribution >= 0.6 is 0 Å². The lowest BCUT2D eigenvalue weighted by Crippen LogP contribution is -2.51. The summed E-state index contributed by atoms with van der Waals surface area (Å²) in [4.78, 5) is 14.9. The molecule has 3 N–H and O–H groups in total. The lowest BCUT2D eigenvalue weighted by atomic mass is 9.65. The molecule has 25 heavy (non-hydrogen) atoms. The van der Waals surface area contributed by atoms with Gasteiger partial charge in [0.25, 0.3) is 0 Å². The van der Waals surface area contributed by atoms with Crippen molar-refractivity contribution >= 4 is 15.7 Å². The predicted octanol–water partition coefficient (Wildman–Crippen LogP) is 0.765. The molecule has 2 atom stereocenters. The van der Waals surface area contributed by atoms with Gasteiger partial charge in [-0.1, -0.05) is 6.42 Å². The second-order valence-corrected chi connectivity index (χ2v) is 10.7. The first-order valence-corrected chi connectivity index (χ1v) is 11.8. The van der Waals surface area contributed by atoms with Gasteiger partial charge in [0.2, 0.25) is 5.91 Å². The number of hydrogen-bond donors (Lipinski definition) is 2. The quantitative estimate of drug-likeness (QED) is 0.744. The van der Waals surface area contributed by atoms with Crippen LogP contribution in [0.4, 0.5) is 0 Å². The number of nitrogens with two attached hydrogens (primary N) is 1. The van der Waals surface area contributed by atoms with Gasteiger partial charge in [-0.2, -0.15) is 0 Å². The first kappa shape index (κ1) is 19.1. The zero-order chi connectivity index (χ0) is 18.0. The van der Waals surface area contributed by atoms with Crippen molar-refractivity contribution in [2.24, 2.45) is 23.5 Å². The summed E-state index contributed by atoms with van der Waals surface area (Å²) in [6.45, 7) is 2.33. The molecule has 3 aliphatic rings. The predicted molar refractivity (Wildman–Crippen MR) is 98.8 cm³/mol. The van der Waals surface area contributed by atoms with Crippen molar-refractivity contribution in [1.29, 1.82) is 0 Å². The Morgan fingerprint density at radius 1 is 1.12 bits per heavy atom. The van der Waals surface area contributed by atoms with Crippen LogP contribution < -0.4 is 11.1 Å². The molecular formula is C18H33N3O3S. The number of nitrogens with one attached hydrogen (secondary N) is 1. The summed E-state index contributed by atoms with van der Waals surface area (Å²) in [7, 11) is -2.90. The Kier molecular flexibility index (Phi) is 6.06. The smallest absolute Gasteiger partial charge is 0.223 e. The lowest BCUT2D eigenvalue weighted by Gasteiger charge is -2.44. The van der Waals surface area contributed by atoms with Gasteiger partial charge in [-0.05, 0) is 50.4 Å². The molecule has 144 valence electrons. The minimum absolute atomic E-state index is 0.137. The second-order valence-electron chi connectivity index (χ2n) is 8.45. The van der Waals surface area contributed by atoms with E-state index in [4.69, 9.17) is 5.73 Å². The largest absolute Gasteiger partial charge is 0.353 e. The molecule has 3 rings (SSSR count).